The third-order valence-corrected chi connectivity index (χ3v) is 2.56. The molecule has 0 N–H and O–H groups in total. The van der Waals surface area contributed by atoms with Crippen molar-refractivity contribution in [1.29, 1.82) is 5.26 Å². The van der Waals surface area contributed by atoms with Gasteiger partial charge in [0.1, 0.15) is 12.6 Å². The average molecular weight is 266 g/mol. The summed E-state index contributed by atoms with van der Waals surface area (Å²) in [5.41, 5.74) is 0. The van der Waals surface area contributed by atoms with Crippen LogP contribution in [0.15, 0.2) is 12.7 Å². The molecular formula is C14H22N2O3. The van der Waals surface area contributed by atoms with Gasteiger partial charge in [0.05, 0.1) is 0 Å². The number of carbonyl (C=O) groups is 2. The first-order valence-electron chi connectivity index (χ1n) is 6.56. The number of hydrogen-bond acceptors (Lipinski definition) is 4. The molecule has 0 aromatic heterocycles. The Labute approximate surface area is 114 Å². The van der Waals surface area contributed by atoms with Gasteiger partial charge in [0.2, 0.25) is 5.91 Å². The fraction of sp³-hybridized carbons (Fsp3) is 0.643. The van der Waals surface area contributed by atoms with Gasteiger partial charge >= 0.3 is 5.97 Å². The van der Waals surface area contributed by atoms with Crippen LogP contribution in [0.25, 0.3) is 0 Å². The molecule has 0 fully saturated rings. The summed E-state index contributed by atoms with van der Waals surface area (Å²) in [6.07, 6.45) is 5.54. The van der Waals surface area contributed by atoms with Crippen molar-refractivity contribution in [2.24, 2.45) is 0 Å². The van der Waals surface area contributed by atoms with Crippen molar-refractivity contribution in [3.63, 3.8) is 0 Å². The van der Waals surface area contributed by atoms with E-state index in [-0.39, 0.29) is 19.1 Å². The average Bonchev–Trinajstić information content (AvgIpc) is 2.41. The van der Waals surface area contributed by atoms with E-state index in [0.717, 1.165) is 19.3 Å². The molecule has 0 unspecified atom stereocenters. The van der Waals surface area contributed by atoms with Crippen LogP contribution in [0.1, 0.15) is 39.0 Å². The zero-order valence-electron chi connectivity index (χ0n) is 11.6. The monoisotopic (exact) mass is 266 g/mol. The molecule has 106 valence electrons. The summed E-state index contributed by atoms with van der Waals surface area (Å²) in [6, 6.07) is 1.73. The van der Waals surface area contributed by atoms with Gasteiger partial charge in [0.15, 0.2) is 6.61 Å². The Bertz CT molecular complexity index is 334. The Morgan fingerprint density at radius 2 is 2.16 bits per heavy atom. The number of unbranched alkanes of at least 4 members (excludes halogenated alkanes) is 2. The highest BCUT2D eigenvalue weighted by Gasteiger charge is 2.16. The Balaban J connectivity index is 4.31. The van der Waals surface area contributed by atoms with Crippen LogP contribution in [0, 0.1) is 11.3 Å². The molecule has 0 rings (SSSR count). The highest BCUT2D eigenvalue weighted by molar-refractivity contribution is 5.82. The van der Waals surface area contributed by atoms with Crippen LogP contribution < -0.4 is 0 Å². The van der Waals surface area contributed by atoms with Gasteiger partial charge in [-0.25, -0.2) is 0 Å². The topological polar surface area (TPSA) is 70.4 Å². The Morgan fingerprint density at radius 3 is 2.74 bits per heavy atom. The molecule has 0 bridgehead atoms. The second kappa shape index (κ2) is 11.3. The van der Waals surface area contributed by atoms with Crippen molar-refractivity contribution in [1.82, 2.24) is 4.90 Å². The van der Waals surface area contributed by atoms with E-state index in [1.807, 2.05) is 0 Å². The molecule has 0 aromatic carbocycles. The molecule has 0 saturated heterocycles. The van der Waals surface area contributed by atoms with Crippen LogP contribution in [0.5, 0.6) is 0 Å². The zero-order chi connectivity index (χ0) is 14.5. The second-order valence-corrected chi connectivity index (χ2v) is 4.17. The number of ether oxygens (including phenoxy) is 1. The van der Waals surface area contributed by atoms with Crippen LogP contribution in [0.4, 0.5) is 0 Å². The third-order valence-electron chi connectivity index (χ3n) is 2.56. The van der Waals surface area contributed by atoms with Crippen molar-refractivity contribution < 1.29 is 14.3 Å². The fourth-order valence-corrected chi connectivity index (χ4v) is 1.54. The number of amides is 1. The molecule has 0 radical (unpaired) electrons. The summed E-state index contributed by atoms with van der Waals surface area (Å²) in [5.74, 6) is -0.616. The minimum Gasteiger partial charge on any atom is -0.449 e. The lowest BCUT2D eigenvalue weighted by Gasteiger charge is -2.21. The number of esters is 1. The van der Waals surface area contributed by atoms with Crippen molar-refractivity contribution in [2.75, 3.05) is 19.7 Å². The molecular weight excluding hydrogens is 244 g/mol. The number of hydrogen-bond donors (Lipinski definition) is 0. The van der Waals surface area contributed by atoms with Gasteiger partial charge in [-0.1, -0.05) is 25.8 Å². The maximum Gasteiger partial charge on any atom is 0.326 e. The van der Waals surface area contributed by atoms with E-state index in [1.54, 1.807) is 12.1 Å². The summed E-state index contributed by atoms with van der Waals surface area (Å²) in [4.78, 5) is 24.8. The van der Waals surface area contributed by atoms with Gasteiger partial charge in [-0.2, -0.15) is 5.26 Å². The Morgan fingerprint density at radius 1 is 1.42 bits per heavy atom. The summed E-state index contributed by atoms with van der Waals surface area (Å²) >= 11 is 0. The Hall–Kier alpha value is -1.83. The lowest BCUT2D eigenvalue weighted by atomic mass is 10.2. The Kier molecular flexibility index (Phi) is 10.2. The zero-order valence-corrected chi connectivity index (χ0v) is 11.6. The van der Waals surface area contributed by atoms with Crippen LogP contribution in [0.3, 0.4) is 0 Å². The van der Waals surface area contributed by atoms with Crippen molar-refractivity contribution in [2.45, 2.75) is 39.0 Å². The van der Waals surface area contributed by atoms with Crippen molar-refractivity contribution in [3.8, 4) is 6.07 Å². The normalized spacial score (nSPS) is 9.47. The van der Waals surface area contributed by atoms with E-state index in [1.165, 1.54) is 4.90 Å². The first-order chi connectivity index (χ1) is 9.15. The molecule has 0 spiro atoms. The minimum atomic E-state index is -0.537. The fourth-order valence-electron chi connectivity index (χ4n) is 1.54. The van der Waals surface area contributed by atoms with Gasteiger partial charge < -0.3 is 9.64 Å². The van der Waals surface area contributed by atoms with Crippen molar-refractivity contribution >= 4 is 11.9 Å². The van der Waals surface area contributed by atoms with E-state index < -0.39 is 5.97 Å². The van der Waals surface area contributed by atoms with E-state index in [9.17, 15) is 9.59 Å². The third kappa shape index (κ3) is 8.83. The van der Waals surface area contributed by atoms with Gasteiger partial charge in [0.25, 0.3) is 0 Å². The number of nitrogens with zero attached hydrogens (tertiary/aromatic N) is 2. The maximum absolute atomic E-state index is 11.9. The molecule has 5 nitrogen and oxygen atoms in total. The van der Waals surface area contributed by atoms with Crippen LogP contribution in [-0.2, 0) is 14.3 Å². The molecule has 19 heavy (non-hydrogen) atoms. The summed E-state index contributed by atoms with van der Waals surface area (Å²) in [6.45, 7) is 5.83. The molecule has 0 aliphatic heterocycles. The number of carbonyl (C=O) groups excluding carboxylic acids is 2. The molecule has 0 aliphatic rings. The highest BCUT2D eigenvalue weighted by atomic mass is 16.5. The molecule has 0 heterocycles. The number of nitriles is 1. The summed E-state index contributed by atoms with van der Waals surface area (Å²) in [7, 11) is 0. The standard InChI is InChI=1S/C14H22N2O3/c1-3-5-7-10-16(13(17)8-6-4-2)12-14(18)19-11-9-15/h4H,2-3,5-8,10-12H2,1H3. The number of allylic oxidation sites excluding steroid dienone is 1. The first-order valence-corrected chi connectivity index (χ1v) is 6.56. The molecule has 5 heteroatoms. The van der Waals surface area contributed by atoms with Crippen LogP contribution in [-0.4, -0.2) is 36.5 Å². The van der Waals surface area contributed by atoms with E-state index in [4.69, 9.17) is 5.26 Å². The highest BCUT2D eigenvalue weighted by Crippen LogP contribution is 2.03. The second-order valence-electron chi connectivity index (χ2n) is 4.17. The lowest BCUT2D eigenvalue weighted by molar-refractivity contribution is -0.148. The quantitative estimate of drug-likeness (QED) is 0.344. The van der Waals surface area contributed by atoms with Crippen LogP contribution >= 0.6 is 0 Å². The SMILES string of the molecule is C=CCCC(=O)N(CCCCC)CC(=O)OCC#N. The summed E-state index contributed by atoms with van der Waals surface area (Å²) in [5, 5.41) is 8.33. The summed E-state index contributed by atoms with van der Waals surface area (Å²) < 4.78 is 4.67. The minimum absolute atomic E-state index is 0.0788. The van der Waals surface area contributed by atoms with E-state index in [0.29, 0.717) is 19.4 Å². The molecule has 1 amide bonds. The first kappa shape index (κ1) is 17.2. The molecule has 0 saturated carbocycles. The van der Waals surface area contributed by atoms with Crippen LogP contribution in [0.2, 0.25) is 0 Å². The van der Waals surface area contributed by atoms with Gasteiger partial charge in [-0.3, -0.25) is 9.59 Å². The number of rotatable bonds is 10. The van der Waals surface area contributed by atoms with Gasteiger partial charge in [-0.15, -0.1) is 6.58 Å². The smallest absolute Gasteiger partial charge is 0.326 e. The largest absolute Gasteiger partial charge is 0.449 e. The molecule has 0 aliphatic carbocycles. The molecule has 0 atom stereocenters. The van der Waals surface area contributed by atoms with Gasteiger partial charge in [0, 0.05) is 13.0 Å². The molecule has 0 aromatic rings. The van der Waals surface area contributed by atoms with Gasteiger partial charge in [-0.05, 0) is 12.8 Å². The lowest BCUT2D eigenvalue weighted by Crippen LogP contribution is -2.37. The maximum atomic E-state index is 11.9. The van der Waals surface area contributed by atoms with E-state index >= 15 is 0 Å². The predicted molar refractivity (Wildman–Crippen MR) is 72.1 cm³/mol. The van der Waals surface area contributed by atoms with Crippen molar-refractivity contribution in [3.05, 3.63) is 12.7 Å². The van der Waals surface area contributed by atoms with E-state index in [2.05, 4.69) is 18.2 Å². The predicted octanol–water partition coefficient (Wildman–Crippen LogP) is 2.04.